The molecule has 0 aliphatic heterocycles. The fourth-order valence-electron chi connectivity index (χ4n) is 2.74. The molecular weight excluding hydrogens is 328 g/mol. The van der Waals surface area contributed by atoms with Crippen LogP contribution in [0.2, 0.25) is 0 Å². The molecule has 0 aromatic heterocycles. The summed E-state index contributed by atoms with van der Waals surface area (Å²) in [5, 5.41) is 19.9. The second-order valence-electron chi connectivity index (χ2n) is 5.87. The topological polar surface area (TPSA) is 127 Å². The van der Waals surface area contributed by atoms with Crippen LogP contribution < -0.4 is 11.5 Å². The Morgan fingerprint density at radius 3 is 1.88 bits per heavy atom. The van der Waals surface area contributed by atoms with Crippen molar-refractivity contribution in [3.8, 4) is 11.5 Å². The van der Waals surface area contributed by atoms with Gasteiger partial charge in [0.15, 0.2) is 0 Å². The molecule has 0 bridgehead atoms. The van der Waals surface area contributed by atoms with E-state index in [1.165, 1.54) is 12.1 Å². The van der Waals surface area contributed by atoms with Gasteiger partial charge in [-0.1, -0.05) is 6.92 Å². The molecule has 0 spiro atoms. The maximum absolute atomic E-state index is 13.2. The predicted molar refractivity (Wildman–Crippen MR) is 94.1 cm³/mol. The standard InChI is InChI=1S/C17H22N2O4S/c1-5-11-13(7-9(3)17(21)15(11)19)24(22,23)12-6-8(2)16(20)14(18)10(12)4/h6-7,20-21H,5,18-19H2,1-4H3. The minimum absolute atomic E-state index is 0.0227. The van der Waals surface area contributed by atoms with E-state index in [0.717, 1.165) is 0 Å². The number of phenols is 2. The van der Waals surface area contributed by atoms with Gasteiger partial charge in [0.1, 0.15) is 11.5 Å². The van der Waals surface area contributed by atoms with Gasteiger partial charge in [0.05, 0.1) is 21.2 Å². The van der Waals surface area contributed by atoms with Gasteiger partial charge in [0.25, 0.3) is 0 Å². The highest BCUT2D eigenvalue weighted by molar-refractivity contribution is 7.91. The Labute approximate surface area is 141 Å². The van der Waals surface area contributed by atoms with Crippen molar-refractivity contribution in [2.75, 3.05) is 11.5 Å². The van der Waals surface area contributed by atoms with Crippen LogP contribution >= 0.6 is 0 Å². The lowest BCUT2D eigenvalue weighted by molar-refractivity contribution is 0.472. The zero-order valence-electron chi connectivity index (χ0n) is 14.1. The monoisotopic (exact) mass is 350 g/mol. The van der Waals surface area contributed by atoms with E-state index in [9.17, 15) is 18.6 Å². The SMILES string of the molecule is CCc1c(S(=O)(=O)c2cc(C)c(O)c(N)c2C)cc(C)c(O)c1N. The summed E-state index contributed by atoms with van der Waals surface area (Å²) < 4.78 is 26.4. The van der Waals surface area contributed by atoms with Crippen LogP contribution in [0.4, 0.5) is 11.4 Å². The van der Waals surface area contributed by atoms with E-state index < -0.39 is 9.84 Å². The third kappa shape index (κ3) is 2.54. The van der Waals surface area contributed by atoms with Crippen LogP contribution in [0, 0.1) is 20.8 Å². The van der Waals surface area contributed by atoms with Gasteiger partial charge in [-0.3, -0.25) is 0 Å². The summed E-state index contributed by atoms with van der Waals surface area (Å²) in [4.78, 5) is 0.0693. The van der Waals surface area contributed by atoms with E-state index in [4.69, 9.17) is 11.5 Å². The van der Waals surface area contributed by atoms with Crippen LogP contribution in [-0.2, 0) is 16.3 Å². The van der Waals surface area contributed by atoms with Gasteiger partial charge in [0.2, 0.25) is 9.84 Å². The fourth-order valence-corrected chi connectivity index (χ4v) is 4.73. The summed E-state index contributed by atoms with van der Waals surface area (Å²) in [5.41, 5.74) is 13.2. The van der Waals surface area contributed by atoms with Crippen LogP contribution in [-0.4, -0.2) is 18.6 Å². The van der Waals surface area contributed by atoms with Crippen molar-refractivity contribution in [3.63, 3.8) is 0 Å². The van der Waals surface area contributed by atoms with Crippen molar-refractivity contribution < 1.29 is 18.6 Å². The molecule has 2 aromatic rings. The van der Waals surface area contributed by atoms with E-state index in [1.807, 2.05) is 0 Å². The molecule has 0 heterocycles. The molecule has 24 heavy (non-hydrogen) atoms. The largest absolute Gasteiger partial charge is 0.506 e. The molecule has 0 fully saturated rings. The van der Waals surface area contributed by atoms with E-state index in [1.54, 1.807) is 27.7 Å². The number of hydrogen-bond acceptors (Lipinski definition) is 6. The molecule has 2 aromatic carbocycles. The van der Waals surface area contributed by atoms with Gasteiger partial charge in [-0.05, 0) is 61.6 Å². The molecule has 0 aliphatic rings. The van der Waals surface area contributed by atoms with E-state index in [0.29, 0.717) is 23.1 Å². The first kappa shape index (κ1) is 17.9. The highest BCUT2D eigenvalue weighted by Crippen LogP contribution is 2.39. The van der Waals surface area contributed by atoms with Gasteiger partial charge in [0, 0.05) is 0 Å². The van der Waals surface area contributed by atoms with Crippen LogP contribution in [0.25, 0.3) is 0 Å². The molecule has 0 saturated carbocycles. The molecule has 0 unspecified atom stereocenters. The molecule has 7 heteroatoms. The summed E-state index contributed by atoms with van der Waals surface area (Å²) in [6.07, 6.45) is 0.347. The molecule has 0 radical (unpaired) electrons. The van der Waals surface area contributed by atoms with Crippen LogP contribution in [0.5, 0.6) is 11.5 Å². The van der Waals surface area contributed by atoms with E-state index >= 15 is 0 Å². The maximum atomic E-state index is 13.2. The number of aryl methyl sites for hydroxylation is 2. The molecule has 130 valence electrons. The highest BCUT2D eigenvalue weighted by Gasteiger charge is 2.28. The van der Waals surface area contributed by atoms with Crippen molar-refractivity contribution in [2.45, 2.75) is 43.9 Å². The van der Waals surface area contributed by atoms with Gasteiger partial charge in [-0.15, -0.1) is 0 Å². The lowest BCUT2D eigenvalue weighted by atomic mass is 10.1. The van der Waals surface area contributed by atoms with E-state index in [2.05, 4.69) is 0 Å². The van der Waals surface area contributed by atoms with Crippen molar-refractivity contribution in [2.24, 2.45) is 0 Å². The molecular formula is C17H22N2O4S. The Hall–Kier alpha value is -2.41. The lowest BCUT2D eigenvalue weighted by Gasteiger charge is -2.18. The number of phenolic OH excluding ortho intramolecular Hbond substituents is 2. The number of hydrogen-bond donors (Lipinski definition) is 4. The average Bonchev–Trinajstić information content (AvgIpc) is 2.53. The van der Waals surface area contributed by atoms with Gasteiger partial charge in [-0.25, -0.2) is 8.42 Å². The minimum Gasteiger partial charge on any atom is -0.506 e. The summed E-state index contributed by atoms with van der Waals surface area (Å²) in [7, 11) is -3.92. The lowest BCUT2D eigenvalue weighted by Crippen LogP contribution is -2.11. The Balaban J connectivity index is 2.88. The van der Waals surface area contributed by atoms with Crippen LogP contribution in [0.15, 0.2) is 21.9 Å². The van der Waals surface area contributed by atoms with Crippen molar-refractivity contribution in [3.05, 3.63) is 34.4 Å². The number of sulfone groups is 1. The average molecular weight is 350 g/mol. The number of anilines is 2. The third-order valence-corrected chi connectivity index (χ3v) is 6.23. The fraction of sp³-hybridized carbons (Fsp3) is 0.294. The zero-order valence-corrected chi connectivity index (χ0v) is 15.0. The van der Waals surface area contributed by atoms with Gasteiger partial charge < -0.3 is 21.7 Å². The summed E-state index contributed by atoms with van der Waals surface area (Å²) >= 11 is 0. The number of benzene rings is 2. The molecule has 2 rings (SSSR count). The van der Waals surface area contributed by atoms with E-state index in [-0.39, 0.29) is 38.2 Å². The summed E-state index contributed by atoms with van der Waals surface area (Å²) in [6.45, 7) is 6.49. The van der Waals surface area contributed by atoms with Crippen molar-refractivity contribution >= 4 is 21.2 Å². The number of nitrogens with two attached hydrogens (primary N) is 2. The van der Waals surface area contributed by atoms with Gasteiger partial charge in [-0.2, -0.15) is 0 Å². The number of rotatable bonds is 3. The zero-order chi connectivity index (χ0) is 18.4. The molecule has 0 amide bonds. The van der Waals surface area contributed by atoms with Crippen LogP contribution in [0.1, 0.15) is 29.2 Å². The molecule has 6 nitrogen and oxygen atoms in total. The first-order chi connectivity index (χ1) is 11.0. The minimum atomic E-state index is -3.92. The normalized spacial score (nSPS) is 11.7. The number of nitrogen functional groups attached to an aromatic ring is 2. The van der Waals surface area contributed by atoms with Crippen LogP contribution in [0.3, 0.4) is 0 Å². The Morgan fingerprint density at radius 2 is 1.38 bits per heavy atom. The third-order valence-electron chi connectivity index (χ3n) is 4.28. The quantitative estimate of drug-likeness (QED) is 0.498. The molecule has 0 aliphatic carbocycles. The van der Waals surface area contributed by atoms with Gasteiger partial charge >= 0.3 is 0 Å². The highest BCUT2D eigenvalue weighted by atomic mass is 32.2. The second-order valence-corrected chi connectivity index (χ2v) is 7.75. The molecule has 0 atom stereocenters. The Morgan fingerprint density at radius 1 is 0.917 bits per heavy atom. The Bertz CT molecular complexity index is 935. The van der Waals surface area contributed by atoms with Crippen molar-refractivity contribution in [1.82, 2.24) is 0 Å². The summed E-state index contributed by atoms with van der Waals surface area (Å²) in [5.74, 6) is -0.229. The first-order valence-electron chi connectivity index (χ1n) is 7.48. The van der Waals surface area contributed by atoms with Crippen molar-refractivity contribution in [1.29, 1.82) is 0 Å². The molecule has 0 saturated heterocycles. The predicted octanol–water partition coefficient (Wildman–Crippen LogP) is 2.58. The maximum Gasteiger partial charge on any atom is 0.207 e. The molecule has 6 N–H and O–H groups in total. The second kappa shape index (κ2) is 5.90. The first-order valence-corrected chi connectivity index (χ1v) is 8.96. The summed E-state index contributed by atoms with van der Waals surface area (Å²) in [6, 6.07) is 2.81. The Kier molecular flexibility index (Phi) is 4.41. The smallest absolute Gasteiger partial charge is 0.207 e. The number of aromatic hydroxyl groups is 2.